The van der Waals surface area contributed by atoms with Crippen molar-refractivity contribution < 1.29 is 21.6 Å². The first-order valence-electron chi connectivity index (χ1n) is 9.42. The van der Waals surface area contributed by atoms with Gasteiger partial charge in [0.25, 0.3) is 0 Å². The van der Waals surface area contributed by atoms with Crippen LogP contribution in [-0.2, 0) is 22.7 Å². The second-order valence-electron chi connectivity index (χ2n) is 7.45. The van der Waals surface area contributed by atoms with Gasteiger partial charge in [0.1, 0.15) is 5.69 Å². The second-order valence-corrected chi connectivity index (χ2v) is 8.98. The Labute approximate surface area is 179 Å². The van der Waals surface area contributed by atoms with Gasteiger partial charge in [-0.3, -0.25) is 4.68 Å². The Morgan fingerprint density at radius 3 is 2.16 bits per heavy atom. The van der Waals surface area contributed by atoms with Gasteiger partial charge >= 0.3 is 6.18 Å². The van der Waals surface area contributed by atoms with Crippen LogP contribution >= 0.6 is 0 Å². The van der Waals surface area contributed by atoms with E-state index in [-0.39, 0.29) is 28.3 Å². The lowest BCUT2D eigenvalue weighted by Gasteiger charge is -2.16. The fourth-order valence-corrected chi connectivity index (χ4v) is 4.15. The highest BCUT2D eigenvalue weighted by Crippen LogP contribution is 2.44. The third kappa shape index (κ3) is 4.81. The van der Waals surface area contributed by atoms with Crippen molar-refractivity contribution in [2.45, 2.75) is 24.5 Å². The minimum Gasteiger partial charge on any atom is -0.308 e. The highest BCUT2D eigenvalue weighted by atomic mass is 32.2. The molecule has 0 aliphatic carbocycles. The van der Waals surface area contributed by atoms with Crippen molar-refractivity contribution in [3.8, 4) is 22.4 Å². The minimum absolute atomic E-state index is 0.0253. The van der Waals surface area contributed by atoms with Crippen molar-refractivity contribution in [3.63, 3.8) is 0 Å². The van der Waals surface area contributed by atoms with Crippen LogP contribution in [0.5, 0.6) is 0 Å². The summed E-state index contributed by atoms with van der Waals surface area (Å²) in [5, 5.41) is 9.61. The van der Waals surface area contributed by atoms with Gasteiger partial charge in [-0.15, -0.1) is 0 Å². The van der Waals surface area contributed by atoms with Crippen LogP contribution in [0.2, 0.25) is 0 Å². The van der Waals surface area contributed by atoms with Gasteiger partial charge in [0.2, 0.25) is 10.0 Å². The van der Waals surface area contributed by atoms with E-state index < -0.39 is 21.9 Å². The van der Waals surface area contributed by atoms with E-state index in [9.17, 15) is 21.6 Å². The van der Waals surface area contributed by atoms with Gasteiger partial charge in [-0.25, -0.2) is 13.6 Å². The lowest BCUT2D eigenvalue weighted by atomic mass is 9.95. The molecule has 0 fully saturated rings. The molecular weight excluding hydrogens is 429 g/mol. The van der Waals surface area contributed by atoms with Crippen molar-refractivity contribution in [1.82, 2.24) is 14.7 Å². The maximum absolute atomic E-state index is 14.3. The molecule has 0 bridgehead atoms. The number of nitrogens with zero attached hydrogens (tertiary/aromatic N) is 3. The summed E-state index contributed by atoms with van der Waals surface area (Å²) in [6, 6.07) is 12.3. The monoisotopic (exact) mass is 452 g/mol. The molecule has 0 unspecified atom stereocenters. The number of rotatable bonds is 6. The first-order chi connectivity index (χ1) is 14.4. The molecule has 0 saturated heterocycles. The zero-order chi connectivity index (χ0) is 23.0. The Balaban J connectivity index is 2.44. The third-order valence-corrected chi connectivity index (χ3v) is 5.81. The molecule has 0 saturated carbocycles. The zero-order valence-electron chi connectivity index (χ0n) is 17.3. The molecule has 0 spiro atoms. The Bertz CT molecular complexity index is 1200. The normalized spacial score (nSPS) is 12.5. The number of hydrogen-bond acceptors (Lipinski definition) is 4. The fourth-order valence-electron chi connectivity index (χ4n) is 3.41. The van der Waals surface area contributed by atoms with Gasteiger partial charge < -0.3 is 4.90 Å². The van der Waals surface area contributed by atoms with Crippen LogP contribution in [0.15, 0.2) is 53.4 Å². The van der Waals surface area contributed by atoms with Gasteiger partial charge in [-0.05, 0) is 38.2 Å². The van der Waals surface area contributed by atoms with Gasteiger partial charge in [0.05, 0.1) is 11.4 Å². The number of primary sulfonamides is 1. The Morgan fingerprint density at radius 2 is 1.61 bits per heavy atom. The van der Waals surface area contributed by atoms with Crippen LogP contribution < -0.4 is 5.14 Å². The first kappa shape index (κ1) is 23.0. The summed E-state index contributed by atoms with van der Waals surface area (Å²) in [7, 11) is -0.702. The fraction of sp³-hybridized carbons (Fsp3) is 0.286. The van der Waals surface area contributed by atoms with E-state index >= 15 is 0 Å². The third-order valence-electron chi connectivity index (χ3n) is 4.84. The predicted molar refractivity (Wildman–Crippen MR) is 113 cm³/mol. The highest BCUT2D eigenvalue weighted by molar-refractivity contribution is 7.89. The van der Waals surface area contributed by atoms with E-state index in [0.29, 0.717) is 17.7 Å². The van der Waals surface area contributed by atoms with Crippen molar-refractivity contribution in [2.75, 3.05) is 20.6 Å². The number of nitrogens with two attached hydrogens (primary N) is 1. The molecule has 166 valence electrons. The second kappa shape index (κ2) is 8.45. The molecule has 0 radical (unpaired) electrons. The first-order valence-corrected chi connectivity index (χ1v) is 11.0. The highest BCUT2D eigenvalue weighted by Gasteiger charge is 2.41. The predicted octanol–water partition coefficient (Wildman–Crippen LogP) is 3.75. The number of hydrogen-bond donors (Lipinski definition) is 1. The van der Waals surface area contributed by atoms with Gasteiger partial charge in [0, 0.05) is 17.7 Å². The topological polar surface area (TPSA) is 81.2 Å². The molecule has 1 aromatic heterocycles. The van der Waals surface area contributed by atoms with E-state index in [1.165, 1.54) is 24.3 Å². The van der Waals surface area contributed by atoms with Crippen molar-refractivity contribution in [1.29, 1.82) is 0 Å². The Morgan fingerprint density at radius 1 is 1.03 bits per heavy atom. The van der Waals surface area contributed by atoms with E-state index in [0.717, 1.165) is 4.68 Å². The molecule has 6 nitrogen and oxygen atoms in total. The zero-order valence-corrected chi connectivity index (χ0v) is 18.1. The number of likely N-dealkylation sites (N-methyl/N-ethyl adjacent to an activating group) is 1. The van der Waals surface area contributed by atoms with E-state index in [2.05, 4.69) is 5.10 Å². The van der Waals surface area contributed by atoms with Crippen LogP contribution in [-0.4, -0.2) is 43.7 Å². The number of alkyl halides is 3. The maximum Gasteiger partial charge on any atom is 0.433 e. The minimum atomic E-state index is -4.72. The Kier molecular flexibility index (Phi) is 6.26. The molecule has 2 aromatic carbocycles. The average Bonchev–Trinajstić information content (AvgIpc) is 3.05. The number of aromatic nitrogens is 2. The van der Waals surface area contributed by atoms with E-state index in [1.807, 2.05) is 0 Å². The molecule has 0 aliphatic heterocycles. The van der Waals surface area contributed by atoms with Crippen LogP contribution in [0.3, 0.4) is 0 Å². The number of halogens is 3. The smallest absolute Gasteiger partial charge is 0.308 e. The van der Waals surface area contributed by atoms with Crippen molar-refractivity contribution >= 4 is 10.0 Å². The standard InChI is InChI=1S/C21H23F3N4O2S/c1-14-8-4-5-9-15(14)18-19(16-10-6-7-11-17(16)31(25,29)30)26-28(13-12-27(2)3)20(18)21(22,23)24/h4-11H,12-13H2,1-3H3,(H2,25,29,30). The van der Waals surface area contributed by atoms with Gasteiger partial charge in [0.15, 0.2) is 5.69 Å². The quantitative estimate of drug-likeness (QED) is 0.618. The summed E-state index contributed by atoms with van der Waals surface area (Å²) in [6.45, 7) is 1.98. The largest absolute Gasteiger partial charge is 0.433 e. The Hall–Kier alpha value is -2.69. The SMILES string of the molecule is Cc1ccccc1-c1c(-c2ccccc2S(N)(=O)=O)nn(CCN(C)C)c1C(F)(F)F. The molecule has 0 atom stereocenters. The molecule has 3 rings (SSSR count). The molecule has 2 N–H and O–H groups in total. The summed E-state index contributed by atoms with van der Waals surface area (Å²) in [5.74, 6) is 0. The number of benzene rings is 2. The summed E-state index contributed by atoms with van der Waals surface area (Å²) >= 11 is 0. The van der Waals surface area contributed by atoms with E-state index in [4.69, 9.17) is 5.14 Å². The van der Waals surface area contributed by atoms with Gasteiger partial charge in [-0.2, -0.15) is 18.3 Å². The van der Waals surface area contributed by atoms with Gasteiger partial charge in [-0.1, -0.05) is 42.5 Å². The van der Waals surface area contributed by atoms with Crippen LogP contribution in [0.4, 0.5) is 13.2 Å². The molecule has 31 heavy (non-hydrogen) atoms. The van der Waals surface area contributed by atoms with Crippen LogP contribution in [0.1, 0.15) is 11.3 Å². The van der Waals surface area contributed by atoms with E-state index in [1.54, 1.807) is 50.2 Å². The molecule has 10 heteroatoms. The number of sulfonamides is 1. The summed E-state index contributed by atoms with van der Waals surface area (Å²) in [4.78, 5) is 1.46. The summed E-state index contributed by atoms with van der Waals surface area (Å²) in [6.07, 6.45) is -4.72. The summed E-state index contributed by atoms with van der Waals surface area (Å²) < 4.78 is 68.1. The molecule has 0 amide bonds. The lowest BCUT2D eigenvalue weighted by Crippen LogP contribution is -2.23. The molecule has 0 aliphatic rings. The number of aryl methyl sites for hydroxylation is 1. The maximum atomic E-state index is 14.3. The van der Waals surface area contributed by atoms with Crippen LogP contribution in [0, 0.1) is 6.92 Å². The van der Waals surface area contributed by atoms with Crippen molar-refractivity contribution in [2.24, 2.45) is 5.14 Å². The molecule has 1 heterocycles. The molecular formula is C21H23F3N4O2S. The summed E-state index contributed by atoms with van der Waals surface area (Å²) in [5.41, 5.74) is -0.217. The van der Waals surface area contributed by atoms with Crippen LogP contribution in [0.25, 0.3) is 22.4 Å². The average molecular weight is 453 g/mol. The van der Waals surface area contributed by atoms with Crippen molar-refractivity contribution in [3.05, 3.63) is 59.8 Å². The molecule has 3 aromatic rings. The lowest BCUT2D eigenvalue weighted by molar-refractivity contribution is -0.143.